The summed E-state index contributed by atoms with van der Waals surface area (Å²) in [5.41, 5.74) is 1.49. The van der Waals surface area contributed by atoms with Gasteiger partial charge in [-0.3, -0.25) is 0 Å². The Morgan fingerprint density at radius 3 is 1.60 bits per heavy atom. The summed E-state index contributed by atoms with van der Waals surface area (Å²) in [6.45, 7) is 7.50. The van der Waals surface area contributed by atoms with Gasteiger partial charge in [0.2, 0.25) is 0 Å². The molecular weight excluding hydrogens is 120 g/mol. The SMILES string of the molecule is CC1(C)C2CC3C(C2)C31C. The van der Waals surface area contributed by atoms with Crippen molar-refractivity contribution in [1.82, 2.24) is 0 Å². The van der Waals surface area contributed by atoms with Crippen molar-refractivity contribution in [3.8, 4) is 0 Å². The highest BCUT2D eigenvalue weighted by atomic mass is 14.8. The molecule has 0 aliphatic heterocycles. The van der Waals surface area contributed by atoms with Crippen molar-refractivity contribution in [2.75, 3.05) is 0 Å². The zero-order valence-corrected chi connectivity index (χ0v) is 7.15. The van der Waals surface area contributed by atoms with E-state index in [4.69, 9.17) is 0 Å². The van der Waals surface area contributed by atoms with Gasteiger partial charge in [0.05, 0.1) is 0 Å². The topological polar surface area (TPSA) is 0 Å². The molecule has 4 aliphatic rings. The molecule has 0 amide bonds. The van der Waals surface area contributed by atoms with Crippen molar-refractivity contribution in [1.29, 1.82) is 0 Å². The number of hydrogen-bond acceptors (Lipinski definition) is 0. The highest BCUT2D eigenvalue weighted by molar-refractivity contribution is 5.27. The molecule has 4 saturated carbocycles. The molecule has 2 atom stereocenters. The lowest BCUT2D eigenvalue weighted by atomic mass is 9.76. The second-order valence-corrected chi connectivity index (χ2v) is 5.39. The zero-order chi connectivity index (χ0) is 7.15. The minimum Gasteiger partial charge on any atom is -0.0591 e. The van der Waals surface area contributed by atoms with Crippen LogP contribution in [0.3, 0.4) is 0 Å². The Morgan fingerprint density at radius 1 is 1.00 bits per heavy atom. The predicted molar refractivity (Wildman–Crippen MR) is 41.6 cm³/mol. The second-order valence-electron chi connectivity index (χ2n) is 5.39. The van der Waals surface area contributed by atoms with E-state index in [1.54, 1.807) is 12.8 Å². The smallest absolute Gasteiger partial charge is 0.0209 e. The van der Waals surface area contributed by atoms with Gasteiger partial charge in [-0.15, -0.1) is 0 Å². The molecule has 10 heavy (non-hydrogen) atoms. The maximum atomic E-state index is 2.52. The molecule has 2 unspecified atom stereocenters. The van der Waals surface area contributed by atoms with E-state index in [-0.39, 0.29) is 0 Å². The summed E-state index contributed by atoms with van der Waals surface area (Å²) in [6, 6.07) is 0. The van der Waals surface area contributed by atoms with Crippen LogP contribution in [0.4, 0.5) is 0 Å². The normalized spacial score (nSPS) is 66.9. The van der Waals surface area contributed by atoms with Crippen LogP contribution in [0.1, 0.15) is 33.6 Å². The van der Waals surface area contributed by atoms with Gasteiger partial charge in [-0.2, -0.15) is 0 Å². The Bertz CT molecular complexity index is 187. The molecule has 4 fully saturated rings. The van der Waals surface area contributed by atoms with Gasteiger partial charge in [-0.1, -0.05) is 20.8 Å². The van der Waals surface area contributed by atoms with Crippen LogP contribution >= 0.6 is 0 Å². The molecule has 0 aromatic rings. The second kappa shape index (κ2) is 1.09. The molecule has 0 heteroatoms. The fourth-order valence-corrected chi connectivity index (χ4v) is 4.21. The highest BCUT2D eigenvalue weighted by Gasteiger charge is 2.79. The monoisotopic (exact) mass is 136 g/mol. The average Bonchev–Trinajstić information content (AvgIpc) is 2.30. The number of rotatable bonds is 0. The summed E-state index contributed by atoms with van der Waals surface area (Å²) >= 11 is 0. The van der Waals surface area contributed by atoms with Crippen molar-refractivity contribution in [2.24, 2.45) is 28.6 Å². The lowest BCUT2D eigenvalue weighted by molar-refractivity contribution is 0.200. The van der Waals surface area contributed by atoms with E-state index in [9.17, 15) is 0 Å². The van der Waals surface area contributed by atoms with E-state index in [0.717, 1.165) is 23.2 Å². The largest absolute Gasteiger partial charge is 0.0591 e. The molecule has 0 heterocycles. The molecule has 4 bridgehead atoms. The Kier molecular flexibility index (Phi) is 0.612. The predicted octanol–water partition coefficient (Wildman–Crippen LogP) is 2.69. The third-order valence-electron chi connectivity index (χ3n) is 5.40. The fraction of sp³-hybridized carbons (Fsp3) is 1.00. The standard InChI is InChI=1S/C10H16/c1-9(2)6-4-7-8(5-6)10(7,9)3/h6-8H,4-5H2,1-3H3. The van der Waals surface area contributed by atoms with Gasteiger partial charge >= 0.3 is 0 Å². The Morgan fingerprint density at radius 2 is 1.50 bits per heavy atom. The summed E-state index contributed by atoms with van der Waals surface area (Å²) in [6.07, 6.45) is 3.13. The van der Waals surface area contributed by atoms with Crippen LogP contribution in [0.2, 0.25) is 0 Å². The maximum Gasteiger partial charge on any atom is -0.0209 e. The minimum absolute atomic E-state index is 0.697. The minimum atomic E-state index is 0.697. The summed E-state index contributed by atoms with van der Waals surface area (Å²) in [7, 11) is 0. The van der Waals surface area contributed by atoms with Gasteiger partial charge in [-0.25, -0.2) is 0 Å². The molecule has 0 nitrogen and oxygen atoms in total. The van der Waals surface area contributed by atoms with Gasteiger partial charge in [0.15, 0.2) is 0 Å². The van der Waals surface area contributed by atoms with Crippen LogP contribution in [-0.4, -0.2) is 0 Å². The molecule has 0 spiro atoms. The van der Waals surface area contributed by atoms with Gasteiger partial charge in [0, 0.05) is 0 Å². The van der Waals surface area contributed by atoms with E-state index in [1.165, 1.54) is 0 Å². The van der Waals surface area contributed by atoms with Gasteiger partial charge in [0.25, 0.3) is 0 Å². The third-order valence-corrected chi connectivity index (χ3v) is 5.40. The average molecular weight is 136 g/mol. The lowest BCUT2D eigenvalue weighted by Crippen LogP contribution is -2.22. The van der Waals surface area contributed by atoms with Crippen LogP contribution in [0.25, 0.3) is 0 Å². The van der Waals surface area contributed by atoms with E-state index in [0.29, 0.717) is 5.41 Å². The van der Waals surface area contributed by atoms with Crippen molar-refractivity contribution in [3.05, 3.63) is 0 Å². The first-order valence-electron chi connectivity index (χ1n) is 4.58. The quantitative estimate of drug-likeness (QED) is 0.480. The Labute approximate surface area is 63.0 Å². The van der Waals surface area contributed by atoms with Crippen LogP contribution in [0.5, 0.6) is 0 Å². The first kappa shape index (κ1) is 5.62. The summed E-state index contributed by atoms with van der Waals surface area (Å²) in [4.78, 5) is 0. The zero-order valence-electron chi connectivity index (χ0n) is 7.15. The molecule has 0 N–H and O–H groups in total. The van der Waals surface area contributed by atoms with E-state index in [2.05, 4.69) is 20.8 Å². The maximum absolute atomic E-state index is 2.52. The molecule has 0 aromatic carbocycles. The van der Waals surface area contributed by atoms with E-state index in [1.807, 2.05) is 0 Å². The molecule has 0 saturated heterocycles. The number of hydrogen-bond donors (Lipinski definition) is 0. The third kappa shape index (κ3) is 0.286. The van der Waals surface area contributed by atoms with Gasteiger partial charge in [0.1, 0.15) is 0 Å². The molecule has 0 radical (unpaired) electrons. The van der Waals surface area contributed by atoms with E-state index < -0.39 is 0 Å². The van der Waals surface area contributed by atoms with Gasteiger partial charge < -0.3 is 0 Å². The Balaban J connectivity index is 2.17. The van der Waals surface area contributed by atoms with Crippen molar-refractivity contribution < 1.29 is 0 Å². The summed E-state index contributed by atoms with van der Waals surface area (Å²) in [5.74, 6) is 3.38. The summed E-state index contributed by atoms with van der Waals surface area (Å²) in [5, 5.41) is 0. The van der Waals surface area contributed by atoms with Crippen LogP contribution in [-0.2, 0) is 0 Å². The summed E-state index contributed by atoms with van der Waals surface area (Å²) < 4.78 is 0. The fourth-order valence-electron chi connectivity index (χ4n) is 4.21. The molecule has 0 aromatic heterocycles. The highest BCUT2D eigenvalue weighted by Crippen LogP contribution is 2.85. The van der Waals surface area contributed by atoms with Crippen LogP contribution in [0, 0.1) is 28.6 Å². The molecule has 4 rings (SSSR count). The van der Waals surface area contributed by atoms with Crippen LogP contribution in [0.15, 0.2) is 0 Å². The van der Waals surface area contributed by atoms with Gasteiger partial charge in [-0.05, 0) is 41.4 Å². The Hall–Kier alpha value is 0. The van der Waals surface area contributed by atoms with Crippen molar-refractivity contribution in [3.63, 3.8) is 0 Å². The van der Waals surface area contributed by atoms with Crippen molar-refractivity contribution in [2.45, 2.75) is 33.6 Å². The lowest BCUT2D eigenvalue weighted by Gasteiger charge is -2.28. The molecule has 4 aliphatic carbocycles. The first-order chi connectivity index (χ1) is 4.58. The van der Waals surface area contributed by atoms with Crippen LogP contribution < -0.4 is 0 Å². The molecular formula is C10H16. The van der Waals surface area contributed by atoms with E-state index >= 15 is 0 Å². The first-order valence-corrected chi connectivity index (χ1v) is 4.58. The van der Waals surface area contributed by atoms with Crippen molar-refractivity contribution >= 4 is 0 Å². The molecule has 56 valence electrons.